The number of carbonyl (C=O) groups excluding carboxylic acids is 1. The fourth-order valence-corrected chi connectivity index (χ4v) is 3.76. The summed E-state index contributed by atoms with van der Waals surface area (Å²) < 4.78 is 6.95. The summed E-state index contributed by atoms with van der Waals surface area (Å²) in [5, 5.41) is 0.579. The van der Waals surface area contributed by atoms with Crippen LogP contribution in [0.4, 0.5) is 0 Å². The lowest BCUT2D eigenvalue weighted by molar-refractivity contribution is -0.134. The van der Waals surface area contributed by atoms with E-state index in [1.165, 1.54) is 0 Å². The molecule has 0 aliphatic rings. The minimum absolute atomic E-state index is 0.0556. The molecule has 2 aromatic carbocycles. The summed E-state index contributed by atoms with van der Waals surface area (Å²) in [6.45, 7) is 5.29. The first-order valence-electron chi connectivity index (χ1n) is 10.9. The van der Waals surface area contributed by atoms with Gasteiger partial charge in [0.15, 0.2) is 0 Å². The highest BCUT2D eigenvalue weighted by Gasteiger charge is 2.25. The first-order valence-corrected chi connectivity index (χ1v) is 10.9. The van der Waals surface area contributed by atoms with Crippen LogP contribution in [0, 0.1) is 0 Å². The van der Waals surface area contributed by atoms with Gasteiger partial charge in [0.25, 0.3) is 5.56 Å². The average molecular weight is 422 g/mol. The zero-order chi connectivity index (χ0) is 22.2. The Morgan fingerprint density at radius 2 is 1.84 bits per heavy atom. The molecular weight excluding hydrogens is 390 g/mol. The van der Waals surface area contributed by atoms with Crippen LogP contribution in [-0.2, 0) is 16.1 Å². The SMILES string of the molecule is CCCCC(=O)N(CCOC)C(C)c1nc2ccccc2c(=O)n1Cc1ccccc1. The van der Waals surface area contributed by atoms with Gasteiger partial charge >= 0.3 is 0 Å². The first-order chi connectivity index (χ1) is 15.1. The molecule has 0 saturated heterocycles. The molecule has 0 N–H and O–H groups in total. The number of amides is 1. The highest BCUT2D eigenvalue weighted by molar-refractivity contribution is 5.78. The molecule has 1 unspecified atom stereocenters. The van der Waals surface area contributed by atoms with Crippen molar-refractivity contribution in [3.05, 3.63) is 76.3 Å². The second-order valence-electron chi connectivity index (χ2n) is 7.72. The molecule has 0 spiro atoms. The van der Waals surface area contributed by atoms with Crippen LogP contribution in [0.1, 0.15) is 50.5 Å². The normalized spacial score (nSPS) is 12.1. The fraction of sp³-hybridized carbons (Fsp3) is 0.400. The van der Waals surface area contributed by atoms with Crippen molar-refractivity contribution in [2.45, 2.75) is 45.7 Å². The van der Waals surface area contributed by atoms with Gasteiger partial charge in [-0.3, -0.25) is 14.2 Å². The van der Waals surface area contributed by atoms with Crippen molar-refractivity contribution in [3.63, 3.8) is 0 Å². The second kappa shape index (κ2) is 10.9. The number of hydrogen-bond acceptors (Lipinski definition) is 4. The van der Waals surface area contributed by atoms with Crippen molar-refractivity contribution in [2.24, 2.45) is 0 Å². The summed E-state index contributed by atoms with van der Waals surface area (Å²) in [5.74, 6) is 0.647. The molecule has 164 valence electrons. The Morgan fingerprint density at radius 1 is 1.13 bits per heavy atom. The van der Waals surface area contributed by atoms with Crippen molar-refractivity contribution in [2.75, 3.05) is 20.3 Å². The Hall–Kier alpha value is -2.99. The van der Waals surface area contributed by atoms with Crippen LogP contribution in [0.5, 0.6) is 0 Å². The van der Waals surface area contributed by atoms with E-state index in [4.69, 9.17) is 9.72 Å². The molecular formula is C25H31N3O3. The maximum atomic E-state index is 13.4. The van der Waals surface area contributed by atoms with E-state index in [0.29, 0.717) is 42.8 Å². The van der Waals surface area contributed by atoms with E-state index in [9.17, 15) is 9.59 Å². The molecule has 6 heteroatoms. The van der Waals surface area contributed by atoms with Gasteiger partial charge in [0.05, 0.1) is 30.1 Å². The fourth-order valence-electron chi connectivity index (χ4n) is 3.76. The Kier molecular flexibility index (Phi) is 7.95. The van der Waals surface area contributed by atoms with Crippen LogP contribution in [-0.4, -0.2) is 40.6 Å². The zero-order valence-electron chi connectivity index (χ0n) is 18.6. The predicted molar refractivity (Wildman–Crippen MR) is 123 cm³/mol. The van der Waals surface area contributed by atoms with Crippen molar-refractivity contribution in [1.29, 1.82) is 0 Å². The Bertz CT molecular complexity index is 1060. The number of methoxy groups -OCH3 is 1. The second-order valence-corrected chi connectivity index (χ2v) is 7.72. The molecule has 0 radical (unpaired) electrons. The van der Waals surface area contributed by atoms with Gasteiger partial charge in [-0.05, 0) is 31.0 Å². The van der Waals surface area contributed by atoms with Gasteiger partial charge in [0, 0.05) is 20.1 Å². The Morgan fingerprint density at radius 3 is 2.55 bits per heavy atom. The number of ether oxygens (including phenoxy) is 1. The third-order valence-electron chi connectivity index (χ3n) is 5.52. The van der Waals surface area contributed by atoms with Crippen LogP contribution >= 0.6 is 0 Å². The maximum absolute atomic E-state index is 13.4. The number of carbonyl (C=O) groups is 1. The molecule has 3 aromatic rings. The van der Waals surface area contributed by atoms with Gasteiger partial charge < -0.3 is 9.64 Å². The topological polar surface area (TPSA) is 64.4 Å². The molecule has 0 aliphatic heterocycles. The van der Waals surface area contributed by atoms with Gasteiger partial charge in [-0.2, -0.15) is 0 Å². The largest absolute Gasteiger partial charge is 0.383 e. The molecule has 0 aliphatic carbocycles. The van der Waals surface area contributed by atoms with E-state index >= 15 is 0 Å². The minimum atomic E-state index is -0.361. The first kappa shape index (κ1) is 22.7. The maximum Gasteiger partial charge on any atom is 0.261 e. The molecule has 0 bridgehead atoms. The quantitative estimate of drug-likeness (QED) is 0.493. The molecule has 6 nitrogen and oxygen atoms in total. The van der Waals surface area contributed by atoms with E-state index in [2.05, 4.69) is 6.92 Å². The van der Waals surface area contributed by atoms with Crippen LogP contribution in [0.25, 0.3) is 10.9 Å². The van der Waals surface area contributed by atoms with E-state index in [1.54, 1.807) is 22.6 Å². The summed E-state index contributed by atoms with van der Waals surface area (Å²) in [6.07, 6.45) is 2.25. The summed E-state index contributed by atoms with van der Waals surface area (Å²) in [4.78, 5) is 33.1. The highest BCUT2D eigenvalue weighted by Crippen LogP contribution is 2.22. The number of benzene rings is 2. The lowest BCUT2D eigenvalue weighted by Gasteiger charge is -2.30. The van der Waals surface area contributed by atoms with Gasteiger partial charge in [-0.25, -0.2) is 4.98 Å². The number of unbranched alkanes of at least 4 members (excludes halogenated alkanes) is 1. The van der Waals surface area contributed by atoms with E-state index < -0.39 is 0 Å². The van der Waals surface area contributed by atoms with Crippen LogP contribution in [0.3, 0.4) is 0 Å². The summed E-state index contributed by atoms with van der Waals surface area (Å²) in [5.41, 5.74) is 1.56. The third kappa shape index (κ3) is 5.39. The molecule has 0 fully saturated rings. The molecule has 3 rings (SSSR count). The molecule has 1 aromatic heterocycles. The Balaban J connectivity index is 2.09. The van der Waals surface area contributed by atoms with Gasteiger partial charge in [0.1, 0.15) is 5.82 Å². The molecule has 31 heavy (non-hydrogen) atoms. The molecule has 0 saturated carbocycles. The van der Waals surface area contributed by atoms with E-state index in [1.807, 2.05) is 55.5 Å². The number of nitrogens with zero attached hydrogens (tertiary/aromatic N) is 3. The summed E-state index contributed by atoms with van der Waals surface area (Å²) >= 11 is 0. The number of rotatable bonds is 10. The minimum Gasteiger partial charge on any atom is -0.383 e. The van der Waals surface area contributed by atoms with Crippen molar-refractivity contribution >= 4 is 16.8 Å². The van der Waals surface area contributed by atoms with Crippen LogP contribution in [0.2, 0.25) is 0 Å². The lowest BCUT2D eigenvalue weighted by Crippen LogP contribution is -2.39. The standard InChI is InChI=1S/C25H31N3O3/c1-4-5-15-23(29)27(16-17-31-3)19(2)24-26-22-14-10-9-13-21(22)25(30)28(24)18-20-11-7-6-8-12-20/h6-14,19H,4-5,15-18H2,1-3H3. The smallest absolute Gasteiger partial charge is 0.261 e. The van der Waals surface area contributed by atoms with Crippen molar-refractivity contribution in [3.8, 4) is 0 Å². The summed E-state index contributed by atoms with van der Waals surface area (Å²) in [7, 11) is 1.62. The third-order valence-corrected chi connectivity index (χ3v) is 5.52. The van der Waals surface area contributed by atoms with Crippen molar-refractivity contribution < 1.29 is 9.53 Å². The van der Waals surface area contributed by atoms with Gasteiger partial charge in [-0.1, -0.05) is 55.8 Å². The zero-order valence-corrected chi connectivity index (χ0v) is 18.6. The summed E-state index contributed by atoms with van der Waals surface area (Å²) in [6, 6.07) is 16.9. The lowest BCUT2D eigenvalue weighted by atomic mass is 10.1. The molecule has 1 atom stereocenters. The van der Waals surface area contributed by atoms with E-state index in [-0.39, 0.29) is 17.5 Å². The monoisotopic (exact) mass is 421 g/mol. The average Bonchev–Trinajstić information content (AvgIpc) is 2.80. The van der Waals surface area contributed by atoms with Crippen LogP contribution in [0.15, 0.2) is 59.4 Å². The predicted octanol–water partition coefficient (Wildman–Crippen LogP) is 4.17. The van der Waals surface area contributed by atoms with Crippen molar-refractivity contribution in [1.82, 2.24) is 14.5 Å². The number of aromatic nitrogens is 2. The Labute approximate surface area is 183 Å². The van der Waals surface area contributed by atoms with Gasteiger partial charge in [-0.15, -0.1) is 0 Å². The number of hydrogen-bond donors (Lipinski definition) is 0. The molecule has 1 heterocycles. The van der Waals surface area contributed by atoms with E-state index in [0.717, 1.165) is 18.4 Å². The number of para-hydroxylation sites is 1. The van der Waals surface area contributed by atoms with Gasteiger partial charge in [0.2, 0.25) is 5.91 Å². The molecule has 1 amide bonds. The highest BCUT2D eigenvalue weighted by atomic mass is 16.5. The number of fused-ring (bicyclic) bond motifs is 1. The van der Waals surface area contributed by atoms with Crippen LogP contribution < -0.4 is 5.56 Å².